The second-order valence-corrected chi connectivity index (χ2v) is 4.02. The Labute approximate surface area is 107 Å². The largest absolute Gasteiger partial charge is 0.355 e. The second-order valence-electron chi connectivity index (χ2n) is 4.02. The number of ether oxygens (including phenoxy) is 2. The van der Waals surface area contributed by atoms with Gasteiger partial charge >= 0.3 is 0 Å². The van der Waals surface area contributed by atoms with E-state index >= 15 is 0 Å². The van der Waals surface area contributed by atoms with E-state index in [4.69, 9.17) is 9.47 Å². The van der Waals surface area contributed by atoms with E-state index in [1.807, 2.05) is 30.5 Å². The summed E-state index contributed by atoms with van der Waals surface area (Å²) in [6.07, 6.45) is 1.63. The van der Waals surface area contributed by atoms with E-state index in [0.29, 0.717) is 6.54 Å². The maximum absolute atomic E-state index is 5.13. The molecule has 0 saturated heterocycles. The highest BCUT2D eigenvalue weighted by Gasteiger charge is 2.05. The molecule has 4 nitrogen and oxygen atoms in total. The molecule has 0 unspecified atom stereocenters. The van der Waals surface area contributed by atoms with Gasteiger partial charge in [-0.15, -0.1) is 0 Å². The Bertz CT molecular complexity index is 493. The predicted octanol–water partition coefficient (Wildman–Crippen LogP) is 1.94. The molecule has 0 fully saturated rings. The first-order valence-corrected chi connectivity index (χ1v) is 5.94. The van der Waals surface area contributed by atoms with Crippen LogP contribution in [0.4, 0.5) is 0 Å². The molecule has 4 heteroatoms. The molecule has 0 aliphatic heterocycles. The summed E-state index contributed by atoms with van der Waals surface area (Å²) < 4.78 is 10.3. The zero-order valence-corrected chi connectivity index (χ0v) is 10.7. The average molecular weight is 246 g/mol. The molecule has 0 spiro atoms. The molecule has 0 radical (unpaired) electrons. The lowest BCUT2D eigenvalue weighted by Crippen LogP contribution is -2.29. The number of nitrogens with zero attached hydrogens (tertiary/aromatic N) is 1. The fourth-order valence-electron chi connectivity index (χ4n) is 1.90. The molecule has 96 valence electrons. The van der Waals surface area contributed by atoms with Gasteiger partial charge < -0.3 is 14.8 Å². The summed E-state index contributed by atoms with van der Waals surface area (Å²) in [7, 11) is 3.27. The Hall–Kier alpha value is -1.49. The SMILES string of the molecule is COC(CNCc1ccnc2ccccc12)OC. The van der Waals surface area contributed by atoms with Crippen molar-refractivity contribution in [3.8, 4) is 0 Å². The van der Waals surface area contributed by atoms with Crippen LogP contribution in [0.1, 0.15) is 5.56 Å². The van der Waals surface area contributed by atoms with Gasteiger partial charge in [0.2, 0.25) is 0 Å². The minimum atomic E-state index is -0.210. The number of hydrogen-bond acceptors (Lipinski definition) is 4. The lowest BCUT2D eigenvalue weighted by atomic mass is 10.1. The summed E-state index contributed by atoms with van der Waals surface area (Å²) in [5, 5.41) is 4.50. The molecule has 0 atom stereocenters. The van der Waals surface area contributed by atoms with Crippen LogP contribution in [0.5, 0.6) is 0 Å². The number of para-hydroxylation sites is 1. The molecule has 1 aromatic heterocycles. The fourth-order valence-corrected chi connectivity index (χ4v) is 1.90. The summed E-state index contributed by atoms with van der Waals surface area (Å²) in [5.74, 6) is 0. The number of hydrogen-bond donors (Lipinski definition) is 1. The molecular formula is C14H18N2O2. The van der Waals surface area contributed by atoms with E-state index < -0.39 is 0 Å². The molecule has 0 aliphatic carbocycles. The van der Waals surface area contributed by atoms with Crippen molar-refractivity contribution in [1.29, 1.82) is 0 Å². The fraction of sp³-hybridized carbons (Fsp3) is 0.357. The average Bonchev–Trinajstić information content (AvgIpc) is 2.44. The summed E-state index contributed by atoms with van der Waals surface area (Å²) >= 11 is 0. The highest BCUT2D eigenvalue weighted by Crippen LogP contribution is 2.15. The van der Waals surface area contributed by atoms with Crippen molar-refractivity contribution in [3.63, 3.8) is 0 Å². The van der Waals surface area contributed by atoms with Gasteiger partial charge in [0.15, 0.2) is 6.29 Å². The van der Waals surface area contributed by atoms with Crippen molar-refractivity contribution in [1.82, 2.24) is 10.3 Å². The number of fused-ring (bicyclic) bond motifs is 1. The normalized spacial score (nSPS) is 11.3. The summed E-state index contributed by atoms with van der Waals surface area (Å²) in [5.41, 5.74) is 2.25. The van der Waals surface area contributed by atoms with E-state index in [-0.39, 0.29) is 6.29 Å². The number of benzene rings is 1. The molecule has 1 N–H and O–H groups in total. The van der Waals surface area contributed by atoms with Gasteiger partial charge in [0, 0.05) is 38.9 Å². The quantitative estimate of drug-likeness (QED) is 0.791. The van der Waals surface area contributed by atoms with E-state index in [0.717, 1.165) is 12.1 Å². The Morgan fingerprint density at radius 1 is 1.17 bits per heavy atom. The van der Waals surface area contributed by atoms with E-state index in [9.17, 15) is 0 Å². The van der Waals surface area contributed by atoms with Gasteiger partial charge in [-0.3, -0.25) is 4.98 Å². The Balaban J connectivity index is 2.03. The molecule has 2 rings (SSSR count). The molecule has 1 aromatic carbocycles. The van der Waals surface area contributed by atoms with Crippen molar-refractivity contribution in [2.45, 2.75) is 12.8 Å². The van der Waals surface area contributed by atoms with Crippen LogP contribution in [0, 0.1) is 0 Å². The predicted molar refractivity (Wildman–Crippen MR) is 71.3 cm³/mol. The molecule has 0 saturated carbocycles. The maximum atomic E-state index is 5.13. The molecule has 18 heavy (non-hydrogen) atoms. The smallest absolute Gasteiger partial charge is 0.169 e. The van der Waals surface area contributed by atoms with Crippen LogP contribution in [0.25, 0.3) is 10.9 Å². The van der Waals surface area contributed by atoms with Gasteiger partial charge in [-0.2, -0.15) is 0 Å². The van der Waals surface area contributed by atoms with Gasteiger partial charge in [0.25, 0.3) is 0 Å². The lowest BCUT2D eigenvalue weighted by Gasteiger charge is -2.14. The van der Waals surface area contributed by atoms with E-state index in [1.54, 1.807) is 14.2 Å². The van der Waals surface area contributed by atoms with Crippen molar-refractivity contribution >= 4 is 10.9 Å². The zero-order chi connectivity index (χ0) is 12.8. The van der Waals surface area contributed by atoms with Gasteiger partial charge in [-0.1, -0.05) is 18.2 Å². The minimum Gasteiger partial charge on any atom is -0.355 e. The number of pyridine rings is 1. The topological polar surface area (TPSA) is 43.4 Å². The number of rotatable bonds is 6. The summed E-state index contributed by atoms with van der Waals surface area (Å²) in [6, 6.07) is 10.2. The van der Waals surface area contributed by atoms with Gasteiger partial charge in [0.1, 0.15) is 0 Å². The van der Waals surface area contributed by atoms with Crippen molar-refractivity contribution in [2.24, 2.45) is 0 Å². The van der Waals surface area contributed by atoms with Crippen LogP contribution >= 0.6 is 0 Å². The molecule has 0 bridgehead atoms. The first kappa shape index (κ1) is 13.0. The van der Waals surface area contributed by atoms with Crippen LogP contribution in [0.15, 0.2) is 36.5 Å². The van der Waals surface area contributed by atoms with Gasteiger partial charge in [-0.05, 0) is 17.7 Å². The second kappa shape index (κ2) is 6.44. The highest BCUT2D eigenvalue weighted by atomic mass is 16.7. The standard InChI is InChI=1S/C14H18N2O2/c1-17-14(18-2)10-15-9-11-7-8-16-13-6-4-3-5-12(11)13/h3-8,14-15H,9-10H2,1-2H3. The van der Waals surface area contributed by atoms with Gasteiger partial charge in [-0.25, -0.2) is 0 Å². The van der Waals surface area contributed by atoms with Gasteiger partial charge in [0.05, 0.1) is 5.52 Å². The number of aromatic nitrogens is 1. The van der Waals surface area contributed by atoms with Crippen LogP contribution in [0.2, 0.25) is 0 Å². The van der Waals surface area contributed by atoms with Crippen LogP contribution in [-0.4, -0.2) is 32.0 Å². The Morgan fingerprint density at radius 3 is 2.72 bits per heavy atom. The van der Waals surface area contributed by atoms with Crippen molar-refractivity contribution < 1.29 is 9.47 Å². The first-order valence-electron chi connectivity index (χ1n) is 5.94. The maximum Gasteiger partial charge on any atom is 0.169 e. The summed E-state index contributed by atoms with van der Waals surface area (Å²) in [4.78, 5) is 4.34. The molecule has 1 heterocycles. The van der Waals surface area contributed by atoms with Crippen molar-refractivity contribution in [3.05, 3.63) is 42.1 Å². The molecular weight excluding hydrogens is 228 g/mol. The minimum absolute atomic E-state index is 0.210. The molecule has 0 amide bonds. The molecule has 0 aliphatic rings. The highest BCUT2D eigenvalue weighted by molar-refractivity contribution is 5.81. The van der Waals surface area contributed by atoms with E-state index in [1.165, 1.54) is 10.9 Å². The van der Waals surface area contributed by atoms with Crippen LogP contribution < -0.4 is 5.32 Å². The monoisotopic (exact) mass is 246 g/mol. The number of nitrogens with one attached hydrogen (secondary N) is 1. The van der Waals surface area contributed by atoms with E-state index in [2.05, 4.69) is 16.4 Å². The third-order valence-electron chi connectivity index (χ3n) is 2.89. The third kappa shape index (κ3) is 3.04. The Kier molecular flexibility index (Phi) is 4.64. The number of methoxy groups -OCH3 is 2. The van der Waals surface area contributed by atoms with Crippen LogP contribution in [0.3, 0.4) is 0 Å². The lowest BCUT2D eigenvalue weighted by molar-refractivity contribution is -0.0988. The van der Waals surface area contributed by atoms with Crippen molar-refractivity contribution in [2.75, 3.05) is 20.8 Å². The zero-order valence-electron chi connectivity index (χ0n) is 10.7. The Morgan fingerprint density at radius 2 is 1.94 bits per heavy atom. The van der Waals surface area contributed by atoms with Crippen LogP contribution in [-0.2, 0) is 16.0 Å². The molecule has 2 aromatic rings. The summed E-state index contributed by atoms with van der Waals surface area (Å²) in [6.45, 7) is 1.43. The third-order valence-corrected chi connectivity index (χ3v) is 2.89. The first-order chi connectivity index (χ1) is 8.85.